The van der Waals surface area contributed by atoms with Crippen molar-refractivity contribution in [1.29, 1.82) is 0 Å². The van der Waals surface area contributed by atoms with Crippen molar-refractivity contribution in [2.24, 2.45) is 0 Å². The van der Waals surface area contributed by atoms with Crippen molar-refractivity contribution >= 4 is 75.0 Å². The van der Waals surface area contributed by atoms with Gasteiger partial charge >= 0.3 is 0 Å². The van der Waals surface area contributed by atoms with Crippen LogP contribution in [0.4, 0.5) is 0 Å². The molecule has 0 saturated heterocycles. The van der Waals surface area contributed by atoms with Crippen molar-refractivity contribution in [2.45, 2.75) is 0 Å². The van der Waals surface area contributed by atoms with Crippen LogP contribution in [0, 0.1) is 0 Å². The van der Waals surface area contributed by atoms with E-state index in [2.05, 4.69) is 133 Å². The first-order chi connectivity index (χ1) is 25.8. The Kier molecular flexibility index (Phi) is 6.39. The maximum Gasteiger partial charge on any atom is 0.165 e. The lowest BCUT2D eigenvalue weighted by atomic mass is 9.91. The van der Waals surface area contributed by atoms with E-state index in [-0.39, 0.29) is 0 Å². The van der Waals surface area contributed by atoms with E-state index in [0.717, 1.165) is 54.3 Å². The highest BCUT2D eigenvalue weighted by Gasteiger charge is 2.22. The molecule has 11 aromatic rings. The highest BCUT2D eigenvalue weighted by atomic mass is 32.1. The highest BCUT2D eigenvalue weighted by Crippen LogP contribution is 2.46. The number of hydrogen-bond acceptors (Lipinski definition) is 5. The summed E-state index contributed by atoms with van der Waals surface area (Å²) in [7, 11) is 0. The third-order valence-corrected chi connectivity index (χ3v) is 11.3. The van der Waals surface area contributed by atoms with E-state index < -0.39 is 0 Å². The van der Waals surface area contributed by atoms with E-state index in [1.807, 2.05) is 30.3 Å². The summed E-state index contributed by atoms with van der Waals surface area (Å²) in [5.41, 5.74) is 6.91. The maximum atomic E-state index is 6.58. The van der Waals surface area contributed by atoms with E-state index in [0.29, 0.717) is 17.5 Å². The molecule has 5 heteroatoms. The van der Waals surface area contributed by atoms with Crippen LogP contribution in [-0.4, -0.2) is 15.0 Å². The first-order valence-corrected chi connectivity index (χ1v) is 18.2. The second-order valence-corrected chi connectivity index (χ2v) is 14.2. The average Bonchev–Trinajstić information content (AvgIpc) is 3.78. The fourth-order valence-electron chi connectivity index (χ4n) is 7.71. The van der Waals surface area contributed by atoms with Crippen LogP contribution in [0.2, 0.25) is 0 Å². The van der Waals surface area contributed by atoms with Gasteiger partial charge in [-0.3, -0.25) is 0 Å². The van der Waals surface area contributed by atoms with Crippen LogP contribution in [0.3, 0.4) is 0 Å². The normalized spacial score (nSPS) is 11.8. The fourth-order valence-corrected chi connectivity index (χ4v) is 8.92. The number of benzene rings is 8. The SMILES string of the molecule is c1ccc(-c2nc(-c3cccc(-c4c5ccccc5cc5ccccc45)c3)nc(-c3cc4c5ccccc5oc4c4c3sc3ccccc34)n2)cc1. The molecule has 0 atom stereocenters. The predicted octanol–water partition coefficient (Wildman–Crippen LogP) is 13.1. The van der Waals surface area contributed by atoms with Crippen molar-refractivity contribution < 1.29 is 4.42 Å². The van der Waals surface area contributed by atoms with Crippen molar-refractivity contribution in [2.75, 3.05) is 0 Å². The van der Waals surface area contributed by atoms with Gasteiger partial charge in [-0.05, 0) is 63.0 Å². The molecule has 0 saturated carbocycles. The minimum absolute atomic E-state index is 0.627. The number of fused-ring (bicyclic) bond motifs is 9. The molecule has 52 heavy (non-hydrogen) atoms. The van der Waals surface area contributed by atoms with Crippen molar-refractivity contribution in [3.05, 3.63) is 164 Å². The minimum atomic E-state index is 0.627. The third-order valence-electron chi connectivity index (χ3n) is 10.1. The second kappa shape index (κ2) is 11.4. The molecule has 8 aromatic carbocycles. The van der Waals surface area contributed by atoms with Crippen LogP contribution >= 0.6 is 11.3 Å². The summed E-state index contributed by atoms with van der Waals surface area (Å²) in [4.78, 5) is 15.7. The van der Waals surface area contributed by atoms with E-state index in [1.54, 1.807) is 11.3 Å². The minimum Gasteiger partial charge on any atom is -0.455 e. The molecule has 242 valence electrons. The molecular weight excluding hydrogens is 655 g/mol. The van der Waals surface area contributed by atoms with Gasteiger partial charge in [-0.2, -0.15) is 0 Å². The van der Waals surface area contributed by atoms with Crippen molar-refractivity contribution in [3.8, 4) is 45.3 Å². The number of thiophene rings is 1. The number of para-hydroxylation sites is 1. The molecule has 0 bridgehead atoms. The zero-order chi connectivity index (χ0) is 34.2. The first-order valence-electron chi connectivity index (χ1n) is 17.4. The summed E-state index contributed by atoms with van der Waals surface area (Å²) >= 11 is 1.75. The molecule has 0 fully saturated rings. The summed E-state index contributed by atoms with van der Waals surface area (Å²) in [6.07, 6.45) is 0. The van der Waals surface area contributed by atoms with Gasteiger partial charge in [0.15, 0.2) is 17.5 Å². The van der Waals surface area contributed by atoms with Crippen LogP contribution in [-0.2, 0) is 0 Å². The summed E-state index contributed by atoms with van der Waals surface area (Å²) in [5, 5.41) is 9.24. The number of nitrogens with zero attached hydrogens (tertiary/aromatic N) is 3. The molecule has 0 radical (unpaired) electrons. The zero-order valence-electron chi connectivity index (χ0n) is 27.7. The Morgan fingerprint density at radius 2 is 1.02 bits per heavy atom. The molecule has 0 N–H and O–H groups in total. The summed E-state index contributed by atoms with van der Waals surface area (Å²) < 4.78 is 8.87. The van der Waals surface area contributed by atoms with E-state index in [9.17, 15) is 0 Å². The summed E-state index contributed by atoms with van der Waals surface area (Å²) in [6, 6.07) is 57.3. The standard InChI is InChI=1S/C47H27N3OS/c1-2-13-28(14-3-1)45-48-46(32-18-12-17-31(26-32)41-33-19-6-4-15-29(33)25-30-16-5-7-20-34(30)41)50-47(49-45)38-27-37-35-21-8-10-23-39(35)51-43(37)42-36-22-9-11-24-40(36)52-44(38)42/h1-27H. The molecular formula is C47H27N3OS. The van der Waals surface area contributed by atoms with Crippen LogP contribution in [0.1, 0.15) is 0 Å². The van der Waals surface area contributed by atoms with Crippen molar-refractivity contribution in [3.63, 3.8) is 0 Å². The molecule has 11 rings (SSSR count). The van der Waals surface area contributed by atoms with Gasteiger partial charge in [-0.25, -0.2) is 15.0 Å². The van der Waals surface area contributed by atoms with E-state index in [1.165, 1.54) is 37.2 Å². The van der Waals surface area contributed by atoms with Gasteiger partial charge in [0.2, 0.25) is 0 Å². The van der Waals surface area contributed by atoms with Crippen LogP contribution < -0.4 is 0 Å². The molecule has 3 heterocycles. The predicted molar refractivity (Wildman–Crippen MR) is 217 cm³/mol. The number of rotatable bonds is 4. The second-order valence-electron chi connectivity index (χ2n) is 13.1. The van der Waals surface area contributed by atoms with E-state index >= 15 is 0 Å². The van der Waals surface area contributed by atoms with Gasteiger partial charge in [0, 0.05) is 42.9 Å². The highest BCUT2D eigenvalue weighted by molar-refractivity contribution is 7.26. The molecule has 3 aromatic heterocycles. The fraction of sp³-hybridized carbons (Fsp3) is 0. The quantitative estimate of drug-likeness (QED) is 0.174. The average molecular weight is 682 g/mol. The topological polar surface area (TPSA) is 51.8 Å². The maximum absolute atomic E-state index is 6.58. The van der Waals surface area contributed by atoms with Gasteiger partial charge in [0.05, 0.1) is 4.70 Å². The number of hydrogen-bond donors (Lipinski definition) is 0. The Hall–Kier alpha value is -6.69. The Morgan fingerprint density at radius 3 is 1.81 bits per heavy atom. The van der Waals surface area contributed by atoms with Gasteiger partial charge in [-0.1, -0.05) is 133 Å². The van der Waals surface area contributed by atoms with Crippen LogP contribution in [0.25, 0.3) is 109 Å². The third kappa shape index (κ3) is 4.50. The molecule has 0 spiro atoms. The number of aromatic nitrogens is 3. The molecule has 0 unspecified atom stereocenters. The number of furan rings is 1. The smallest absolute Gasteiger partial charge is 0.165 e. The molecule has 4 nitrogen and oxygen atoms in total. The Morgan fingerprint density at radius 1 is 0.423 bits per heavy atom. The lowest BCUT2D eigenvalue weighted by molar-refractivity contribution is 0.673. The van der Waals surface area contributed by atoms with Crippen molar-refractivity contribution in [1.82, 2.24) is 15.0 Å². The Bertz CT molecular complexity index is 3140. The monoisotopic (exact) mass is 681 g/mol. The lowest BCUT2D eigenvalue weighted by Gasteiger charge is -2.14. The first kappa shape index (κ1) is 29.1. The summed E-state index contributed by atoms with van der Waals surface area (Å²) in [6.45, 7) is 0. The lowest BCUT2D eigenvalue weighted by Crippen LogP contribution is -2.00. The largest absolute Gasteiger partial charge is 0.455 e. The molecule has 0 aliphatic rings. The van der Waals surface area contributed by atoms with Gasteiger partial charge in [-0.15, -0.1) is 11.3 Å². The van der Waals surface area contributed by atoms with Gasteiger partial charge in [0.1, 0.15) is 11.2 Å². The summed E-state index contributed by atoms with van der Waals surface area (Å²) in [5.74, 6) is 1.89. The Balaban J connectivity index is 1.19. The van der Waals surface area contributed by atoms with Gasteiger partial charge in [0.25, 0.3) is 0 Å². The van der Waals surface area contributed by atoms with Gasteiger partial charge < -0.3 is 4.42 Å². The molecule has 0 aliphatic carbocycles. The van der Waals surface area contributed by atoms with Crippen LogP contribution in [0.15, 0.2) is 168 Å². The van der Waals surface area contributed by atoms with Crippen LogP contribution in [0.5, 0.6) is 0 Å². The molecule has 0 aliphatic heterocycles. The molecule has 0 amide bonds. The Labute approximate surface area is 302 Å². The van der Waals surface area contributed by atoms with E-state index in [4.69, 9.17) is 19.4 Å². The zero-order valence-corrected chi connectivity index (χ0v) is 28.6.